The van der Waals surface area contributed by atoms with E-state index in [2.05, 4.69) is 42.4 Å². The highest BCUT2D eigenvalue weighted by molar-refractivity contribution is 5.05. The van der Waals surface area contributed by atoms with Crippen LogP contribution in [-0.2, 0) is 6.54 Å². The van der Waals surface area contributed by atoms with Crippen molar-refractivity contribution in [3.05, 3.63) is 18.0 Å². The van der Waals surface area contributed by atoms with E-state index in [1.54, 1.807) is 0 Å². The summed E-state index contributed by atoms with van der Waals surface area (Å²) in [5.41, 5.74) is 1.30. The molecule has 15 heavy (non-hydrogen) atoms. The van der Waals surface area contributed by atoms with Crippen molar-refractivity contribution in [1.29, 1.82) is 0 Å². The molecule has 0 aromatic carbocycles. The first-order valence-corrected chi connectivity index (χ1v) is 5.61. The quantitative estimate of drug-likeness (QED) is 0.797. The Hall–Kier alpha value is -0.870. The van der Waals surface area contributed by atoms with Gasteiger partial charge < -0.3 is 5.32 Å². The van der Waals surface area contributed by atoms with Gasteiger partial charge in [0.2, 0.25) is 0 Å². The van der Waals surface area contributed by atoms with E-state index in [1.807, 2.05) is 10.9 Å². The highest BCUT2D eigenvalue weighted by atomic mass is 15.3. The maximum absolute atomic E-state index is 4.35. The van der Waals surface area contributed by atoms with Gasteiger partial charge in [-0.3, -0.25) is 9.58 Å². The van der Waals surface area contributed by atoms with Crippen LogP contribution in [0.2, 0.25) is 0 Å². The number of hydrogen-bond donors (Lipinski definition) is 1. The molecule has 1 aromatic heterocycles. The third-order valence-corrected chi connectivity index (χ3v) is 3.00. The van der Waals surface area contributed by atoms with Crippen LogP contribution in [-0.4, -0.2) is 40.9 Å². The van der Waals surface area contributed by atoms with Crippen LogP contribution in [0.25, 0.3) is 0 Å². The van der Waals surface area contributed by atoms with Crippen molar-refractivity contribution in [2.75, 3.05) is 20.1 Å². The fraction of sp³-hybridized carbons (Fsp3) is 0.727. The number of nitrogens with zero attached hydrogens (tertiary/aromatic N) is 3. The average Bonchev–Trinajstić information content (AvgIpc) is 2.48. The summed E-state index contributed by atoms with van der Waals surface area (Å²) in [6, 6.07) is 1.15. The van der Waals surface area contributed by atoms with Crippen molar-refractivity contribution in [2.24, 2.45) is 0 Å². The predicted molar refractivity (Wildman–Crippen MR) is 60.7 cm³/mol. The van der Waals surface area contributed by atoms with Crippen molar-refractivity contribution in [2.45, 2.75) is 32.5 Å². The Balaban J connectivity index is 1.91. The number of aromatic nitrogens is 2. The molecule has 0 spiro atoms. The number of nitrogens with one attached hydrogen (secondary N) is 1. The van der Waals surface area contributed by atoms with Gasteiger partial charge in [-0.1, -0.05) is 0 Å². The van der Waals surface area contributed by atoms with Crippen LogP contribution >= 0.6 is 0 Å². The SMILES string of the molecule is CC(C)n1cc(CN(C)C2CNC2)cn1. The van der Waals surface area contributed by atoms with Crippen molar-refractivity contribution in [3.63, 3.8) is 0 Å². The molecule has 0 radical (unpaired) electrons. The van der Waals surface area contributed by atoms with Crippen LogP contribution in [0.3, 0.4) is 0 Å². The molecule has 0 amide bonds. The molecule has 1 fully saturated rings. The summed E-state index contributed by atoms with van der Waals surface area (Å²) < 4.78 is 2.02. The summed E-state index contributed by atoms with van der Waals surface area (Å²) in [6.45, 7) is 7.54. The molecule has 1 aliphatic heterocycles. The summed E-state index contributed by atoms with van der Waals surface area (Å²) in [4.78, 5) is 2.39. The van der Waals surface area contributed by atoms with Crippen LogP contribution in [0.1, 0.15) is 25.5 Å². The van der Waals surface area contributed by atoms with Crippen LogP contribution < -0.4 is 5.32 Å². The standard InChI is InChI=1S/C11H20N4/c1-9(2)15-8-10(4-13-15)7-14(3)11-5-12-6-11/h4,8-9,11-12H,5-7H2,1-3H3. The number of likely N-dealkylation sites (N-methyl/N-ethyl adjacent to an activating group) is 1. The minimum Gasteiger partial charge on any atom is -0.314 e. The summed E-state index contributed by atoms with van der Waals surface area (Å²) in [6.07, 6.45) is 4.12. The van der Waals surface area contributed by atoms with Gasteiger partial charge in [-0.05, 0) is 20.9 Å². The Morgan fingerprint density at radius 2 is 2.33 bits per heavy atom. The molecule has 1 aromatic rings. The van der Waals surface area contributed by atoms with Gasteiger partial charge >= 0.3 is 0 Å². The van der Waals surface area contributed by atoms with E-state index in [4.69, 9.17) is 0 Å². The second-order valence-electron chi connectivity index (χ2n) is 4.65. The minimum absolute atomic E-state index is 0.453. The van der Waals surface area contributed by atoms with Crippen LogP contribution in [0.15, 0.2) is 12.4 Å². The van der Waals surface area contributed by atoms with Gasteiger partial charge in [-0.15, -0.1) is 0 Å². The lowest BCUT2D eigenvalue weighted by molar-refractivity contribution is 0.173. The maximum atomic E-state index is 4.35. The van der Waals surface area contributed by atoms with E-state index in [1.165, 1.54) is 5.56 Å². The van der Waals surface area contributed by atoms with Crippen molar-refractivity contribution in [3.8, 4) is 0 Å². The van der Waals surface area contributed by atoms with Crippen LogP contribution in [0, 0.1) is 0 Å². The molecule has 0 saturated carbocycles. The van der Waals surface area contributed by atoms with E-state index < -0.39 is 0 Å². The lowest BCUT2D eigenvalue weighted by atomic mass is 10.1. The van der Waals surface area contributed by atoms with Gasteiger partial charge in [-0.25, -0.2) is 0 Å². The van der Waals surface area contributed by atoms with Crippen molar-refractivity contribution in [1.82, 2.24) is 20.0 Å². The van der Waals surface area contributed by atoms with E-state index >= 15 is 0 Å². The van der Waals surface area contributed by atoms with Gasteiger partial charge in [0.15, 0.2) is 0 Å². The highest BCUT2D eigenvalue weighted by Gasteiger charge is 2.21. The average molecular weight is 208 g/mol. The first-order valence-electron chi connectivity index (χ1n) is 5.61. The molecule has 1 saturated heterocycles. The largest absolute Gasteiger partial charge is 0.314 e. The van der Waals surface area contributed by atoms with Crippen LogP contribution in [0.4, 0.5) is 0 Å². The molecule has 84 valence electrons. The molecular formula is C11H20N4. The number of hydrogen-bond acceptors (Lipinski definition) is 3. The van der Waals surface area contributed by atoms with E-state index in [9.17, 15) is 0 Å². The first kappa shape index (κ1) is 10.6. The Morgan fingerprint density at radius 1 is 1.60 bits per heavy atom. The Bertz CT molecular complexity index is 314. The molecule has 4 nitrogen and oxygen atoms in total. The molecule has 1 N–H and O–H groups in total. The zero-order valence-corrected chi connectivity index (χ0v) is 9.77. The van der Waals surface area contributed by atoms with E-state index in [-0.39, 0.29) is 0 Å². The molecule has 4 heteroatoms. The highest BCUT2D eigenvalue weighted by Crippen LogP contribution is 2.10. The molecule has 2 heterocycles. The third-order valence-electron chi connectivity index (χ3n) is 3.00. The Labute approximate surface area is 91.3 Å². The molecule has 0 unspecified atom stereocenters. The summed E-state index contributed by atoms with van der Waals surface area (Å²) >= 11 is 0. The molecule has 0 aliphatic carbocycles. The van der Waals surface area contributed by atoms with Crippen molar-refractivity contribution >= 4 is 0 Å². The molecule has 2 rings (SSSR count). The molecule has 1 aliphatic rings. The molecule has 0 atom stereocenters. The first-order chi connectivity index (χ1) is 7.16. The second kappa shape index (κ2) is 4.33. The van der Waals surface area contributed by atoms with Crippen LogP contribution in [0.5, 0.6) is 0 Å². The normalized spacial score (nSPS) is 17.4. The third kappa shape index (κ3) is 2.38. The van der Waals surface area contributed by atoms with Crippen molar-refractivity contribution < 1.29 is 0 Å². The second-order valence-corrected chi connectivity index (χ2v) is 4.65. The Kier molecular flexibility index (Phi) is 3.07. The fourth-order valence-corrected chi connectivity index (χ4v) is 1.74. The van der Waals surface area contributed by atoms with E-state index in [0.717, 1.165) is 19.6 Å². The zero-order chi connectivity index (χ0) is 10.8. The van der Waals surface area contributed by atoms with Gasteiger partial charge in [0.1, 0.15) is 0 Å². The van der Waals surface area contributed by atoms with Gasteiger partial charge in [0.05, 0.1) is 6.20 Å². The minimum atomic E-state index is 0.453. The maximum Gasteiger partial charge on any atom is 0.0534 e. The summed E-state index contributed by atoms with van der Waals surface area (Å²) in [7, 11) is 2.18. The predicted octanol–water partition coefficient (Wildman–Crippen LogP) is 0.868. The lowest BCUT2D eigenvalue weighted by Gasteiger charge is -2.35. The van der Waals surface area contributed by atoms with E-state index in [0.29, 0.717) is 12.1 Å². The number of rotatable bonds is 4. The summed E-state index contributed by atoms with van der Waals surface area (Å²) in [5.74, 6) is 0. The topological polar surface area (TPSA) is 33.1 Å². The lowest BCUT2D eigenvalue weighted by Crippen LogP contribution is -2.55. The monoisotopic (exact) mass is 208 g/mol. The molecular weight excluding hydrogens is 188 g/mol. The van der Waals surface area contributed by atoms with Gasteiger partial charge in [-0.2, -0.15) is 5.10 Å². The molecule has 0 bridgehead atoms. The van der Waals surface area contributed by atoms with Gasteiger partial charge in [0, 0.05) is 43.5 Å². The van der Waals surface area contributed by atoms with Gasteiger partial charge in [0.25, 0.3) is 0 Å². The Morgan fingerprint density at radius 3 is 2.80 bits per heavy atom. The fourth-order valence-electron chi connectivity index (χ4n) is 1.74. The zero-order valence-electron chi connectivity index (χ0n) is 9.77. The summed E-state index contributed by atoms with van der Waals surface area (Å²) in [5, 5.41) is 7.64. The smallest absolute Gasteiger partial charge is 0.0534 e.